The number of nitrogens with two attached hydrogens (primary N) is 2. The number of ether oxygens (including phenoxy) is 1. The molecule has 0 bridgehead atoms. The van der Waals surface area contributed by atoms with Crippen molar-refractivity contribution in [2.24, 2.45) is 16.5 Å². The molecule has 0 saturated heterocycles. The summed E-state index contributed by atoms with van der Waals surface area (Å²) in [6, 6.07) is 14.3. The van der Waals surface area contributed by atoms with Crippen molar-refractivity contribution in [1.29, 1.82) is 0 Å². The molecule has 4 aromatic rings. The van der Waals surface area contributed by atoms with E-state index in [1.807, 2.05) is 9.44 Å². The maximum Gasteiger partial charge on any atom is 0.299 e. The number of H-pyrrole nitrogens is 1. The normalized spacial score (nSPS) is 12.5. The molecule has 11 nitrogen and oxygen atoms in total. The highest BCUT2D eigenvalue weighted by Gasteiger charge is 2.20. The topological polar surface area (TPSA) is 185 Å². The summed E-state index contributed by atoms with van der Waals surface area (Å²) in [5, 5.41) is 9.09. The first-order valence-electron chi connectivity index (χ1n) is 12.1. The van der Waals surface area contributed by atoms with E-state index in [2.05, 4.69) is 9.98 Å². The van der Waals surface area contributed by atoms with Gasteiger partial charge in [-0.05, 0) is 61.0 Å². The molecule has 0 radical (unpaired) electrons. The number of nitrogens with one attached hydrogen (secondary N) is 3. The van der Waals surface area contributed by atoms with Crippen molar-refractivity contribution in [3.63, 3.8) is 0 Å². The van der Waals surface area contributed by atoms with E-state index >= 15 is 0 Å². The fraction of sp³-hybridized carbons (Fsp3) is 0.111. The number of carbonyl (C=O) groups is 1. The van der Waals surface area contributed by atoms with Crippen LogP contribution < -0.4 is 25.6 Å². The van der Waals surface area contributed by atoms with Crippen LogP contribution in [-0.2, 0) is 10.2 Å². The van der Waals surface area contributed by atoms with E-state index < -0.39 is 34.2 Å². The number of Topliss-reactive ketones (excluding diaryl/α,β-unsaturated/α-hetero) is 1. The third-order valence-corrected chi connectivity index (χ3v) is 6.83. The number of aliphatic hydroxyl groups is 1. The Morgan fingerprint density at radius 1 is 1.12 bits per heavy atom. The Morgan fingerprint density at radius 2 is 1.88 bits per heavy atom. The van der Waals surface area contributed by atoms with Gasteiger partial charge in [-0.3, -0.25) is 9.52 Å². The molecule has 41 heavy (non-hydrogen) atoms. The molecule has 1 heterocycles. The molecular formula is C27H26F2N6O5S. The summed E-state index contributed by atoms with van der Waals surface area (Å²) in [7, 11) is -4.14. The molecule has 0 fully saturated rings. The minimum atomic E-state index is -4.14. The number of ketones is 1. The van der Waals surface area contributed by atoms with Gasteiger partial charge in [0.1, 0.15) is 17.4 Å². The van der Waals surface area contributed by atoms with E-state index in [4.69, 9.17) is 21.3 Å². The van der Waals surface area contributed by atoms with Crippen LogP contribution >= 0.6 is 0 Å². The van der Waals surface area contributed by atoms with Crippen LogP contribution in [0.2, 0.25) is 0 Å². The van der Waals surface area contributed by atoms with Crippen LogP contribution in [0, 0.1) is 18.6 Å². The molecule has 0 spiro atoms. The molecule has 8 N–H and O–H groups in total. The molecule has 0 atom stereocenters. The van der Waals surface area contributed by atoms with Gasteiger partial charge in [-0.25, -0.2) is 13.8 Å². The summed E-state index contributed by atoms with van der Waals surface area (Å²) in [5.74, 6) is -1.82. The second-order valence-electron chi connectivity index (χ2n) is 8.71. The summed E-state index contributed by atoms with van der Waals surface area (Å²) in [4.78, 5) is 20.3. The van der Waals surface area contributed by atoms with Gasteiger partial charge in [0, 0.05) is 23.6 Å². The number of hydrogen-bond acceptors (Lipinski definition) is 7. The largest absolute Gasteiger partial charge is 0.454 e. The predicted octanol–water partition coefficient (Wildman–Crippen LogP) is 3.50. The first kappa shape index (κ1) is 29.2. The number of rotatable bonds is 11. The van der Waals surface area contributed by atoms with Gasteiger partial charge in [0.15, 0.2) is 11.6 Å². The first-order chi connectivity index (χ1) is 19.5. The lowest BCUT2D eigenvalue weighted by atomic mass is 10.1. The van der Waals surface area contributed by atoms with Crippen LogP contribution in [0.25, 0.3) is 10.9 Å². The van der Waals surface area contributed by atoms with E-state index in [0.717, 1.165) is 12.3 Å². The minimum Gasteiger partial charge on any atom is -0.454 e. The summed E-state index contributed by atoms with van der Waals surface area (Å²) in [6.07, 6.45) is 0.991. The zero-order chi connectivity index (χ0) is 29.7. The number of anilines is 1. The van der Waals surface area contributed by atoms with Crippen molar-refractivity contribution in [2.45, 2.75) is 6.92 Å². The summed E-state index contributed by atoms with van der Waals surface area (Å²) >= 11 is 0. The fourth-order valence-electron chi connectivity index (χ4n) is 3.80. The van der Waals surface area contributed by atoms with Crippen molar-refractivity contribution in [3.05, 3.63) is 95.3 Å². The third kappa shape index (κ3) is 6.87. The number of nitrogens with zero attached hydrogens (tertiary/aromatic N) is 1. The molecular weight excluding hydrogens is 558 g/mol. The number of halogens is 2. The van der Waals surface area contributed by atoms with Crippen molar-refractivity contribution in [3.8, 4) is 11.5 Å². The maximum absolute atomic E-state index is 14.6. The van der Waals surface area contributed by atoms with Crippen LogP contribution in [-0.4, -0.2) is 43.3 Å². The Kier molecular flexibility index (Phi) is 8.66. The highest BCUT2D eigenvalue weighted by molar-refractivity contribution is 7.90. The van der Waals surface area contributed by atoms with Crippen molar-refractivity contribution >= 4 is 44.1 Å². The lowest BCUT2D eigenvalue weighted by molar-refractivity contribution is 0.103. The summed E-state index contributed by atoms with van der Waals surface area (Å²) in [5.41, 5.74) is 12.6. The molecule has 0 aliphatic carbocycles. The Morgan fingerprint density at radius 3 is 2.56 bits per heavy atom. The van der Waals surface area contributed by atoms with Gasteiger partial charge < -0.3 is 26.3 Å². The number of carbonyl (C=O) groups excluding carboxylic acids is 1. The number of amidine groups is 1. The van der Waals surface area contributed by atoms with E-state index in [1.165, 1.54) is 24.3 Å². The molecule has 0 saturated carbocycles. The van der Waals surface area contributed by atoms with Gasteiger partial charge in [-0.1, -0.05) is 12.1 Å². The SMILES string of the molecule is Cc1cc(Oc2ccccc2F)ccc1N=C(N)C(=CN)C(=O)c1cc2cc(F)c(NS(=O)(=O)NCCO)cc2[nH]1. The van der Waals surface area contributed by atoms with Crippen LogP contribution in [0.3, 0.4) is 0 Å². The van der Waals surface area contributed by atoms with Gasteiger partial charge >= 0.3 is 0 Å². The van der Waals surface area contributed by atoms with E-state index in [1.54, 1.807) is 37.3 Å². The Bertz CT molecular complexity index is 1790. The van der Waals surface area contributed by atoms with Crippen molar-refractivity contribution in [1.82, 2.24) is 9.71 Å². The number of aromatic amines is 1. The number of para-hydroxylation sites is 1. The number of hydrogen-bond donors (Lipinski definition) is 6. The van der Waals surface area contributed by atoms with Gasteiger partial charge in [0.25, 0.3) is 10.2 Å². The van der Waals surface area contributed by atoms with Crippen LogP contribution in [0.15, 0.2) is 77.4 Å². The van der Waals surface area contributed by atoms with Gasteiger partial charge in [-0.15, -0.1) is 0 Å². The number of fused-ring (bicyclic) bond motifs is 1. The third-order valence-electron chi connectivity index (χ3n) is 5.76. The van der Waals surface area contributed by atoms with E-state index in [0.29, 0.717) is 17.0 Å². The molecule has 0 unspecified atom stereocenters. The number of benzene rings is 3. The number of aromatic nitrogens is 1. The molecule has 1 aromatic heterocycles. The molecule has 0 amide bonds. The molecule has 0 aliphatic rings. The van der Waals surface area contributed by atoms with Gasteiger partial charge in [0.05, 0.1) is 29.2 Å². The molecule has 4 rings (SSSR count). The van der Waals surface area contributed by atoms with Crippen molar-refractivity contribution in [2.75, 3.05) is 17.9 Å². The fourth-order valence-corrected chi connectivity index (χ4v) is 4.68. The average molecular weight is 585 g/mol. The zero-order valence-corrected chi connectivity index (χ0v) is 22.4. The second kappa shape index (κ2) is 12.2. The maximum atomic E-state index is 14.6. The van der Waals surface area contributed by atoms with Crippen LogP contribution in [0.5, 0.6) is 11.5 Å². The lowest BCUT2D eigenvalue weighted by Gasteiger charge is -2.10. The van der Waals surface area contributed by atoms with Gasteiger partial charge in [0.2, 0.25) is 5.78 Å². The quantitative estimate of drug-likeness (QED) is 0.0674. The zero-order valence-electron chi connectivity index (χ0n) is 21.6. The smallest absolute Gasteiger partial charge is 0.299 e. The highest BCUT2D eigenvalue weighted by atomic mass is 32.2. The standard InChI is InChI=1S/C27H26F2N6O5S/c1-15-10-17(40-25-5-3-2-4-19(25)28)6-7-21(15)34-27(31)18(14-30)26(37)24-12-16-11-20(29)23(13-22(16)33-24)35-41(38,39)32-8-9-36/h2-7,10-14,32-33,35-36H,8-9,30H2,1H3,(H2,31,34). The number of aryl methyl sites for hydroxylation is 1. The molecule has 0 aliphatic heterocycles. The Balaban J connectivity index is 1.56. The van der Waals surface area contributed by atoms with Crippen molar-refractivity contribution < 1.29 is 31.8 Å². The predicted molar refractivity (Wildman–Crippen MR) is 151 cm³/mol. The van der Waals surface area contributed by atoms with Crippen LogP contribution in [0.1, 0.15) is 16.1 Å². The molecule has 3 aromatic carbocycles. The number of aliphatic hydroxyl groups excluding tert-OH is 1. The number of aliphatic imine (C=N–C) groups is 1. The highest BCUT2D eigenvalue weighted by Crippen LogP contribution is 2.30. The monoisotopic (exact) mass is 584 g/mol. The average Bonchev–Trinajstić information content (AvgIpc) is 3.33. The van der Waals surface area contributed by atoms with Gasteiger partial charge in [-0.2, -0.15) is 13.1 Å². The summed E-state index contributed by atoms with van der Waals surface area (Å²) < 4.78 is 62.2. The second-order valence-corrected chi connectivity index (χ2v) is 10.2. The van der Waals surface area contributed by atoms with E-state index in [9.17, 15) is 22.0 Å². The lowest BCUT2D eigenvalue weighted by Crippen LogP contribution is -2.32. The first-order valence-corrected chi connectivity index (χ1v) is 13.5. The molecule has 14 heteroatoms. The summed E-state index contributed by atoms with van der Waals surface area (Å²) in [6.45, 7) is 1.02. The minimum absolute atomic E-state index is 0.00183. The molecule has 214 valence electrons. The van der Waals surface area contributed by atoms with E-state index in [-0.39, 0.29) is 46.0 Å². The Labute approximate surface area is 233 Å². The van der Waals surface area contributed by atoms with Crippen LogP contribution in [0.4, 0.5) is 20.2 Å². The Hall–Kier alpha value is -4.79.